The van der Waals surface area contributed by atoms with E-state index in [-0.39, 0.29) is 6.04 Å². The van der Waals surface area contributed by atoms with E-state index in [1.54, 1.807) is 7.11 Å². The van der Waals surface area contributed by atoms with Crippen LogP contribution < -0.4 is 16.0 Å². The first-order valence-corrected chi connectivity index (χ1v) is 6.19. The lowest BCUT2D eigenvalue weighted by Crippen LogP contribution is -2.28. The lowest BCUT2D eigenvalue weighted by atomic mass is 9.95. The van der Waals surface area contributed by atoms with E-state index in [0.717, 1.165) is 12.2 Å². The molecule has 1 aromatic carbocycles. The van der Waals surface area contributed by atoms with Crippen molar-refractivity contribution in [3.63, 3.8) is 0 Å². The highest BCUT2D eigenvalue weighted by atomic mass is 16.5. The van der Waals surface area contributed by atoms with E-state index in [1.807, 2.05) is 6.07 Å². The molecular formula is C14H24N2O. The zero-order chi connectivity index (χ0) is 12.8. The average Bonchev–Trinajstić information content (AvgIpc) is 2.31. The maximum absolute atomic E-state index is 5.65. The smallest absolute Gasteiger partial charge is 0.119 e. The Bertz CT molecular complexity index is 350. The van der Waals surface area contributed by atoms with Crippen molar-refractivity contribution in [2.75, 3.05) is 7.11 Å². The summed E-state index contributed by atoms with van der Waals surface area (Å²) >= 11 is 0. The first kappa shape index (κ1) is 14.0. The van der Waals surface area contributed by atoms with Gasteiger partial charge in [-0.3, -0.25) is 11.3 Å². The van der Waals surface area contributed by atoms with Gasteiger partial charge in [0, 0.05) is 6.04 Å². The fourth-order valence-electron chi connectivity index (χ4n) is 1.99. The number of nitrogens with one attached hydrogen (secondary N) is 1. The standard InChI is InChI=1S/C14H24N2O/c1-10(2)5-8-14(16-15)13-7-6-12(17-4)9-11(13)3/h6-7,9-10,14,16H,5,8,15H2,1-4H3. The van der Waals surface area contributed by atoms with Gasteiger partial charge in [-0.15, -0.1) is 0 Å². The van der Waals surface area contributed by atoms with E-state index in [1.165, 1.54) is 17.5 Å². The minimum Gasteiger partial charge on any atom is -0.497 e. The summed E-state index contributed by atoms with van der Waals surface area (Å²) in [6, 6.07) is 6.36. The molecule has 96 valence electrons. The summed E-state index contributed by atoms with van der Waals surface area (Å²) < 4.78 is 5.21. The molecule has 0 bridgehead atoms. The minimum absolute atomic E-state index is 0.225. The Balaban J connectivity index is 2.80. The lowest BCUT2D eigenvalue weighted by Gasteiger charge is -2.20. The van der Waals surface area contributed by atoms with Crippen molar-refractivity contribution in [1.29, 1.82) is 0 Å². The summed E-state index contributed by atoms with van der Waals surface area (Å²) in [7, 11) is 1.69. The molecule has 0 fully saturated rings. The van der Waals surface area contributed by atoms with Crippen LogP contribution in [0.4, 0.5) is 0 Å². The summed E-state index contributed by atoms with van der Waals surface area (Å²) in [4.78, 5) is 0. The molecule has 3 heteroatoms. The Hall–Kier alpha value is -1.06. The van der Waals surface area contributed by atoms with Crippen LogP contribution in [0.25, 0.3) is 0 Å². The molecule has 1 aromatic rings. The SMILES string of the molecule is COc1ccc(C(CCC(C)C)NN)c(C)c1. The van der Waals surface area contributed by atoms with Crippen LogP contribution in [0.2, 0.25) is 0 Å². The van der Waals surface area contributed by atoms with Crippen molar-refractivity contribution in [3.8, 4) is 5.75 Å². The number of hydrazine groups is 1. The molecular weight excluding hydrogens is 212 g/mol. The quantitative estimate of drug-likeness (QED) is 0.589. The first-order chi connectivity index (χ1) is 8.08. The monoisotopic (exact) mass is 236 g/mol. The predicted molar refractivity (Wildman–Crippen MR) is 71.9 cm³/mol. The Morgan fingerprint density at radius 3 is 2.47 bits per heavy atom. The third-order valence-electron chi connectivity index (χ3n) is 3.09. The average molecular weight is 236 g/mol. The van der Waals surface area contributed by atoms with Gasteiger partial charge in [0.25, 0.3) is 0 Å². The Labute approximate surface area is 104 Å². The van der Waals surface area contributed by atoms with E-state index in [4.69, 9.17) is 10.6 Å². The molecule has 3 N–H and O–H groups in total. The van der Waals surface area contributed by atoms with Gasteiger partial charge in [0.2, 0.25) is 0 Å². The Kier molecular flexibility index (Phi) is 5.45. The highest BCUT2D eigenvalue weighted by Crippen LogP contribution is 2.26. The van der Waals surface area contributed by atoms with Crippen LogP contribution in [0, 0.1) is 12.8 Å². The maximum atomic E-state index is 5.65. The van der Waals surface area contributed by atoms with Gasteiger partial charge in [0.15, 0.2) is 0 Å². The maximum Gasteiger partial charge on any atom is 0.119 e. The Morgan fingerprint density at radius 2 is 2.00 bits per heavy atom. The molecule has 1 rings (SSSR count). The third kappa shape index (κ3) is 4.02. The summed E-state index contributed by atoms with van der Waals surface area (Å²) in [5.41, 5.74) is 5.39. The molecule has 3 nitrogen and oxygen atoms in total. The van der Waals surface area contributed by atoms with E-state index in [2.05, 4.69) is 38.3 Å². The second-order valence-electron chi connectivity index (χ2n) is 4.91. The number of benzene rings is 1. The summed E-state index contributed by atoms with van der Waals surface area (Å²) in [6.45, 7) is 6.56. The lowest BCUT2D eigenvalue weighted by molar-refractivity contribution is 0.412. The molecule has 1 atom stereocenters. The highest BCUT2D eigenvalue weighted by molar-refractivity contribution is 5.36. The van der Waals surface area contributed by atoms with Crippen LogP contribution in [0.15, 0.2) is 18.2 Å². The van der Waals surface area contributed by atoms with Gasteiger partial charge < -0.3 is 4.74 Å². The second-order valence-corrected chi connectivity index (χ2v) is 4.91. The third-order valence-corrected chi connectivity index (χ3v) is 3.09. The van der Waals surface area contributed by atoms with Gasteiger partial charge >= 0.3 is 0 Å². The van der Waals surface area contributed by atoms with Crippen molar-refractivity contribution in [2.45, 2.75) is 39.7 Å². The molecule has 0 heterocycles. The van der Waals surface area contributed by atoms with Crippen molar-refractivity contribution < 1.29 is 4.74 Å². The number of hydrogen-bond acceptors (Lipinski definition) is 3. The predicted octanol–water partition coefficient (Wildman–Crippen LogP) is 2.94. The molecule has 0 aliphatic rings. The van der Waals surface area contributed by atoms with Gasteiger partial charge in [-0.05, 0) is 48.9 Å². The van der Waals surface area contributed by atoms with Gasteiger partial charge in [0.1, 0.15) is 5.75 Å². The largest absolute Gasteiger partial charge is 0.497 e. The zero-order valence-corrected chi connectivity index (χ0v) is 11.3. The van der Waals surface area contributed by atoms with Crippen LogP contribution in [0.1, 0.15) is 43.9 Å². The van der Waals surface area contributed by atoms with Crippen molar-refractivity contribution in [2.24, 2.45) is 11.8 Å². The van der Waals surface area contributed by atoms with E-state index >= 15 is 0 Å². The molecule has 1 unspecified atom stereocenters. The number of aryl methyl sites for hydroxylation is 1. The zero-order valence-electron chi connectivity index (χ0n) is 11.3. The van der Waals surface area contributed by atoms with E-state index in [9.17, 15) is 0 Å². The number of nitrogens with two attached hydrogens (primary N) is 1. The van der Waals surface area contributed by atoms with Crippen molar-refractivity contribution in [3.05, 3.63) is 29.3 Å². The highest BCUT2D eigenvalue weighted by Gasteiger charge is 2.13. The summed E-state index contributed by atoms with van der Waals surface area (Å²) in [5.74, 6) is 7.24. The van der Waals surface area contributed by atoms with E-state index < -0.39 is 0 Å². The molecule has 0 aliphatic heterocycles. The van der Waals surface area contributed by atoms with Crippen LogP contribution >= 0.6 is 0 Å². The molecule has 0 saturated carbocycles. The fraction of sp³-hybridized carbons (Fsp3) is 0.571. The van der Waals surface area contributed by atoms with E-state index in [0.29, 0.717) is 5.92 Å². The van der Waals surface area contributed by atoms with Crippen molar-refractivity contribution in [1.82, 2.24) is 5.43 Å². The van der Waals surface area contributed by atoms with Gasteiger partial charge in [-0.25, -0.2) is 0 Å². The van der Waals surface area contributed by atoms with Gasteiger partial charge in [-0.1, -0.05) is 19.9 Å². The minimum atomic E-state index is 0.225. The molecule has 0 aromatic heterocycles. The molecule has 0 saturated heterocycles. The summed E-state index contributed by atoms with van der Waals surface area (Å²) in [5, 5.41) is 0. The number of methoxy groups -OCH3 is 1. The molecule has 17 heavy (non-hydrogen) atoms. The molecule has 0 aliphatic carbocycles. The molecule has 0 radical (unpaired) electrons. The van der Waals surface area contributed by atoms with Crippen LogP contribution in [-0.2, 0) is 0 Å². The van der Waals surface area contributed by atoms with Gasteiger partial charge in [0.05, 0.1) is 7.11 Å². The molecule has 0 spiro atoms. The fourth-order valence-corrected chi connectivity index (χ4v) is 1.99. The summed E-state index contributed by atoms with van der Waals surface area (Å²) in [6.07, 6.45) is 2.22. The van der Waals surface area contributed by atoms with Gasteiger partial charge in [-0.2, -0.15) is 0 Å². The Morgan fingerprint density at radius 1 is 1.29 bits per heavy atom. The van der Waals surface area contributed by atoms with Crippen molar-refractivity contribution >= 4 is 0 Å². The number of ether oxygens (including phenoxy) is 1. The number of hydrogen-bond donors (Lipinski definition) is 2. The topological polar surface area (TPSA) is 47.3 Å². The normalized spacial score (nSPS) is 12.8. The molecule has 0 amide bonds. The first-order valence-electron chi connectivity index (χ1n) is 6.19. The van der Waals surface area contributed by atoms with Crippen LogP contribution in [0.3, 0.4) is 0 Å². The number of rotatable bonds is 6. The van der Waals surface area contributed by atoms with Crippen LogP contribution in [0.5, 0.6) is 5.75 Å². The van der Waals surface area contributed by atoms with Crippen LogP contribution in [-0.4, -0.2) is 7.11 Å². The second kappa shape index (κ2) is 6.62.